The molecule has 1 amide bonds. The van der Waals surface area contributed by atoms with Gasteiger partial charge in [0.05, 0.1) is 6.04 Å². The van der Waals surface area contributed by atoms with Crippen LogP contribution in [0.3, 0.4) is 0 Å². The van der Waals surface area contributed by atoms with Gasteiger partial charge in [0.1, 0.15) is 5.75 Å². The fourth-order valence-corrected chi connectivity index (χ4v) is 2.42. The summed E-state index contributed by atoms with van der Waals surface area (Å²) in [5, 5.41) is 5.98. The summed E-state index contributed by atoms with van der Waals surface area (Å²) in [5.41, 5.74) is 0.541. The van der Waals surface area contributed by atoms with Crippen LogP contribution in [0.15, 0.2) is 24.3 Å². The number of amides is 1. The maximum Gasteiger partial charge on any atom is 0.387 e. The Bertz CT molecular complexity index is 461. The maximum atomic E-state index is 12.3. The minimum Gasteiger partial charge on any atom is -0.434 e. The number of ether oxygens (including phenoxy) is 1. The van der Waals surface area contributed by atoms with Crippen molar-refractivity contribution in [1.29, 1.82) is 0 Å². The van der Waals surface area contributed by atoms with Gasteiger partial charge in [-0.3, -0.25) is 4.79 Å². The molecule has 116 valence electrons. The van der Waals surface area contributed by atoms with Crippen molar-refractivity contribution >= 4 is 5.91 Å². The molecule has 0 bridgehead atoms. The fourth-order valence-electron chi connectivity index (χ4n) is 2.42. The third-order valence-corrected chi connectivity index (χ3v) is 3.52. The van der Waals surface area contributed by atoms with Crippen molar-refractivity contribution in [2.75, 3.05) is 6.54 Å². The first-order valence-corrected chi connectivity index (χ1v) is 7.20. The molecule has 2 rings (SSSR count). The molecule has 4 nitrogen and oxygen atoms in total. The largest absolute Gasteiger partial charge is 0.434 e. The molecule has 1 heterocycles. The van der Waals surface area contributed by atoms with Gasteiger partial charge in [-0.25, -0.2) is 0 Å². The van der Waals surface area contributed by atoms with E-state index in [0.29, 0.717) is 5.56 Å². The molecule has 1 aliphatic rings. The average molecular weight is 298 g/mol. The average Bonchev–Trinajstić information content (AvgIpc) is 2.74. The van der Waals surface area contributed by atoms with E-state index in [4.69, 9.17) is 0 Å². The molecule has 1 aliphatic heterocycles. The van der Waals surface area contributed by atoms with E-state index in [2.05, 4.69) is 15.4 Å². The van der Waals surface area contributed by atoms with Crippen LogP contribution in [-0.2, 0) is 11.3 Å². The zero-order chi connectivity index (χ0) is 15.1. The fraction of sp³-hybridized carbons (Fsp3) is 0.533. The molecular formula is C15H20F2N2O2. The Morgan fingerprint density at radius 1 is 1.33 bits per heavy atom. The molecule has 2 N–H and O–H groups in total. The van der Waals surface area contributed by atoms with E-state index in [1.54, 1.807) is 18.2 Å². The van der Waals surface area contributed by atoms with E-state index >= 15 is 0 Å². The lowest BCUT2D eigenvalue weighted by molar-refractivity contribution is -0.123. The Hall–Kier alpha value is -1.69. The zero-order valence-corrected chi connectivity index (χ0v) is 11.8. The second-order valence-electron chi connectivity index (χ2n) is 5.06. The topological polar surface area (TPSA) is 50.4 Å². The van der Waals surface area contributed by atoms with Crippen molar-refractivity contribution in [3.63, 3.8) is 0 Å². The van der Waals surface area contributed by atoms with Crippen molar-refractivity contribution in [1.82, 2.24) is 10.6 Å². The summed E-state index contributed by atoms with van der Waals surface area (Å²) in [6.07, 6.45) is 4.04. The van der Waals surface area contributed by atoms with E-state index in [-0.39, 0.29) is 24.2 Å². The summed E-state index contributed by atoms with van der Waals surface area (Å²) in [5.74, 6) is 0.00498. The van der Waals surface area contributed by atoms with Crippen LogP contribution >= 0.6 is 0 Å². The van der Waals surface area contributed by atoms with Crippen LogP contribution in [0.2, 0.25) is 0 Å². The minimum absolute atomic E-state index is 0.0937. The van der Waals surface area contributed by atoms with Crippen molar-refractivity contribution < 1.29 is 18.3 Å². The Morgan fingerprint density at radius 3 is 2.95 bits per heavy atom. The summed E-state index contributed by atoms with van der Waals surface area (Å²) in [4.78, 5) is 12.1. The number of para-hydroxylation sites is 1. The summed E-state index contributed by atoms with van der Waals surface area (Å²) in [6.45, 7) is -1.85. The van der Waals surface area contributed by atoms with Crippen LogP contribution in [0.1, 0.15) is 31.2 Å². The maximum absolute atomic E-state index is 12.3. The van der Waals surface area contributed by atoms with Gasteiger partial charge in [0.15, 0.2) is 0 Å². The lowest BCUT2D eigenvalue weighted by Crippen LogP contribution is -2.43. The molecule has 1 atom stereocenters. The number of benzene rings is 1. The number of rotatable bonds is 5. The van der Waals surface area contributed by atoms with Crippen LogP contribution in [-0.4, -0.2) is 25.1 Å². The first kappa shape index (κ1) is 15.7. The smallest absolute Gasteiger partial charge is 0.387 e. The molecule has 21 heavy (non-hydrogen) atoms. The first-order valence-electron chi connectivity index (χ1n) is 7.20. The van der Waals surface area contributed by atoms with Crippen molar-refractivity contribution in [2.45, 2.75) is 44.9 Å². The summed E-state index contributed by atoms with van der Waals surface area (Å²) >= 11 is 0. The highest BCUT2D eigenvalue weighted by molar-refractivity contribution is 5.81. The lowest BCUT2D eigenvalue weighted by atomic mass is 10.1. The van der Waals surface area contributed by atoms with Crippen LogP contribution in [0.4, 0.5) is 8.78 Å². The minimum atomic E-state index is -2.87. The van der Waals surface area contributed by atoms with Crippen molar-refractivity contribution in [3.05, 3.63) is 29.8 Å². The summed E-state index contributed by atoms with van der Waals surface area (Å²) < 4.78 is 29.1. The second-order valence-corrected chi connectivity index (χ2v) is 5.06. The normalized spacial score (nSPS) is 19.1. The molecule has 0 spiro atoms. The van der Waals surface area contributed by atoms with Gasteiger partial charge in [0, 0.05) is 12.1 Å². The van der Waals surface area contributed by atoms with Gasteiger partial charge in [-0.05, 0) is 25.5 Å². The van der Waals surface area contributed by atoms with E-state index in [1.807, 2.05) is 0 Å². The number of hydrogen-bond acceptors (Lipinski definition) is 3. The number of halogens is 2. The highest BCUT2D eigenvalue weighted by Gasteiger charge is 2.19. The van der Waals surface area contributed by atoms with Crippen molar-refractivity contribution in [2.24, 2.45) is 0 Å². The van der Waals surface area contributed by atoms with Crippen LogP contribution in [0.25, 0.3) is 0 Å². The number of carbonyl (C=O) groups is 1. The van der Waals surface area contributed by atoms with Gasteiger partial charge in [-0.15, -0.1) is 0 Å². The molecule has 1 fully saturated rings. The Labute approximate surface area is 122 Å². The van der Waals surface area contributed by atoms with E-state index in [0.717, 1.165) is 32.2 Å². The van der Waals surface area contributed by atoms with Crippen molar-refractivity contribution in [3.8, 4) is 5.75 Å². The summed E-state index contributed by atoms with van der Waals surface area (Å²) in [7, 11) is 0. The van der Waals surface area contributed by atoms with Crippen LogP contribution < -0.4 is 15.4 Å². The van der Waals surface area contributed by atoms with Gasteiger partial charge in [0.25, 0.3) is 0 Å². The number of carbonyl (C=O) groups excluding carboxylic acids is 1. The highest BCUT2D eigenvalue weighted by Crippen LogP contribution is 2.20. The predicted molar refractivity (Wildman–Crippen MR) is 75.2 cm³/mol. The predicted octanol–water partition coefficient (Wildman–Crippen LogP) is 2.44. The number of alkyl halides is 2. The lowest BCUT2D eigenvalue weighted by Gasteiger charge is -2.16. The number of hydrogen-bond donors (Lipinski definition) is 2. The van der Waals surface area contributed by atoms with E-state index in [1.165, 1.54) is 6.07 Å². The molecule has 6 heteroatoms. The van der Waals surface area contributed by atoms with Crippen LogP contribution in [0, 0.1) is 0 Å². The second kappa shape index (κ2) is 7.93. The van der Waals surface area contributed by atoms with Crippen LogP contribution in [0.5, 0.6) is 5.75 Å². The molecule has 0 saturated carbocycles. The molecule has 0 aromatic heterocycles. The van der Waals surface area contributed by atoms with Gasteiger partial charge in [-0.2, -0.15) is 8.78 Å². The third kappa shape index (κ3) is 4.97. The quantitative estimate of drug-likeness (QED) is 0.878. The number of nitrogens with one attached hydrogen (secondary N) is 2. The Balaban J connectivity index is 1.91. The van der Waals surface area contributed by atoms with E-state index in [9.17, 15) is 13.6 Å². The van der Waals surface area contributed by atoms with Gasteiger partial charge < -0.3 is 15.4 Å². The first-order chi connectivity index (χ1) is 10.2. The van der Waals surface area contributed by atoms with Gasteiger partial charge in [-0.1, -0.05) is 31.0 Å². The molecule has 1 aromatic carbocycles. The standard InChI is InChI=1S/C15H20F2N2O2/c16-15(17)21-13-8-4-3-6-11(13)10-19-14(20)12-7-2-1-5-9-18-12/h3-4,6,8,12,15,18H,1-2,5,7,9-10H2,(H,19,20). The summed E-state index contributed by atoms with van der Waals surface area (Å²) in [6, 6.07) is 6.28. The SMILES string of the molecule is O=C(NCc1ccccc1OC(F)F)C1CCCCCN1. The Morgan fingerprint density at radius 2 is 2.14 bits per heavy atom. The Kier molecular flexibility index (Phi) is 5.92. The molecular weight excluding hydrogens is 278 g/mol. The molecule has 0 radical (unpaired) electrons. The molecule has 1 unspecified atom stereocenters. The van der Waals surface area contributed by atoms with Gasteiger partial charge >= 0.3 is 6.61 Å². The monoisotopic (exact) mass is 298 g/mol. The zero-order valence-electron chi connectivity index (χ0n) is 11.8. The third-order valence-electron chi connectivity index (χ3n) is 3.52. The highest BCUT2D eigenvalue weighted by atomic mass is 19.3. The van der Waals surface area contributed by atoms with Gasteiger partial charge in [0.2, 0.25) is 5.91 Å². The molecule has 1 saturated heterocycles. The molecule has 1 aromatic rings. The van der Waals surface area contributed by atoms with E-state index < -0.39 is 6.61 Å². The molecule has 0 aliphatic carbocycles.